The number of aromatic nitrogens is 2. The fourth-order valence-electron chi connectivity index (χ4n) is 3.04. The van der Waals surface area contributed by atoms with Crippen LogP contribution in [0.2, 0.25) is 5.02 Å². The first-order chi connectivity index (χ1) is 11.6. The average Bonchev–Trinajstić information content (AvgIpc) is 3.18. The zero-order valence-corrected chi connectivity index (χ0v) is 16.5. The van der Waals surface area contributed by atoms with Gasteiger partial charge in [-0.2, -0.15) is 5.10 Å². The predicted molar refractivity (Wildman–Crippen MR) is 106 cm³/mol. The second kappa shape index (κ2) is 8.94. The second-order valence-electron chi connectivity index (χ2n) is 5.88. The van der Waals surface area contributed by atoms with E-state index in [1.165, 1.54) is 0 Å². The van der Waals surface area contributed by atoms with Crippen molar-refractivity contribution in [3.05, 3.63) is 41.2 Å². The summed E-state index contributed by atoms with van der Waals surface area (Å²) < 4.78 is 1.77. The Hall–Kier alpha value is -1.21. The lowest BCUT2D eigenvalue weighted by molar-refractivity contribution is -0.119. The second-order valence-corrected chi connectivity index (χ2v) is 7.62. The van der Waals surface area contributed by atoms with E-state index in [4.69, 9.17) is 11.6 Å². The van der Waals surface area contributed by atoms with Crippen molar-refractivity contribution in [3.8, 4) is 0 Å². The summed E-state index contributed by atoms with van der Waals surface area (Å²) in [5.41, 5.74) is 1.88. The molecule has 1 aromatic heterocycles. The summed E-state index contributed by atoms with van der Waals surface area (Å²) in [6, 6.07) is 5.63. The molecule has 2 heterocycles. The molecule has 1 aromatic carbocycles. The molecule has 1 aliphatic rings. The van der Waals surface area contributed by atoms with E-state index < -0.39 is 0 Å². The Morgan fingerprint density at radius 3 is 2.96 bits per heavy atom. The minimum Gasteiger partial charge on any atom is -0.325 e. The molecule has 5 nitrogen and oxygen atoms in total. The van der Waals surface area contributed by atoms with Crippen LogP contribution in [0.1, 0.15) is 18.4 Å². The van der Waals surface area contributed by atoms with Crippen molar-refractivity contribution in [2.75, 3.05) is 24.2 Å². The molecule has 3 rings (SSSR count). The maximum atomic E-state index is 12.8. The lowest BCUT2D eigenvalue weighted by Gasteiger charge is -2.18. The van der Waals surface area contributed by atoms with Gasteiger partial charge >= 0.3 is 0 Å². The molecule has 2 aromatic rings. The summed E-state index contributed by atoms with van der Waals surface area (Å²) in [4.78, 5) is 13.9. The number of hydrogen-bond acceptors (Lipinski definition) is 4. The largest absolute Gasteiger partial charge is 0.325 e. The molecule has 8 heteroatoms. The lowest BCUT2D eigenvalue weighted by atomic mass is 9.90. The molecule has 2 N–H and O–H groups in total. The van der Waals surface area contributed by atoms with Gasteiger partial charge in [-0.3, -0.25) is 9.48 Å². The number of carbonyl (C=O) groups excluding carboxylic acids is 1. The molecule has 1 aliphatic heterocycles. The minimum absolute atomic E-state index is 0. The van der Waals surface area contributed by atoms with E-state index in [1.807, 2.05) is 37.6 Å². The maximum Gasteiger partial charge on any atom is 0.229 e. The first-order valence-electron chi connectivity index (χ1n) is 8.01. The zero-order valence-electron chi connectivity index (χ0n) is 14.2. The molecule has 0 saturated carbocycles. The highest BCUT2D eigenvalue weighted by Crippen LogP contribution is 2.33. The van der Waals surface area contributed by atoms with Crippen molar-refractivity contribution in [1.29, 1.82) is 0 Å². The highest BCUT2D eigenvalue weighted by atomic mass is 35.5. The van der Waals surface area contributed by atoms with E-state index in [-0.39, 0.29) is 30.2 Å². The van der Waals surface area contributed by atoms with Crippen LogP contribution in [0.15, 0.2) is 35.5 Å². The van der Waals surface area contributed by atoms with Gasteiger partial charge in [0.15, 0.2) is 0 Å². The van der Waals surface area contributed by atoms with Crippen LogP contribution < -0.4 is 10.6 Å². The third-order valence-corrected chi connectivity index (χ3v) is 5.39. The summed E-state index contributed by atoms with van der Waals surface area (Å²) in [6.45, 7) is 3.54. The van der Waals surface area contributed by atoms with Crippen LogP contribution in [0.5, 0.6) is 0 Å². The Morgan fingerprint density at radius 2 is 2.28 bits per heavy atom. The van der Waals surface area contributed by atoms with Crippen molar-refractivity contribution >= 4 is 47.4 Å². The van der Waals surface area contributed by atoms with Crippen LogP contribution >= 0.6 is 35.8 Å². The average molecular weight is 401 g/mol. The number of aryl methyl sites for hydroxylation is 1. The molecule has 0 unspecified atom stereocenters. The number of amides is 1. The van der Waals surface area contributed by atoms with Crippen LogP contribution in [0.3, 0.4) is 0 Å². The highest BCUT2D eigenvalue weighted by Gasteiger charge is 2.34. The van der Waals surface area contributed by atoms with Gasteiger partial charge in [-0.1, -0.05) is 18.5 Å². The Bertz CT molecular complexity index is 737. The third kappa shape index (κ3) is 4.70. The summed E-state index contributed by atoms with van der Waals surface area (Å²) in [5, 5.41) is 11.2. The number of rotatable bonds is 5. The molecular formula is C17H22Cl2N4OS. The lowest BCUT2D eigenvalue weighted by Crippen LogP contribution is -2.28. The molecule has 1 fully saturated rings. The number of nitrogens with one attached hydrogen (secondary N) is 2. The normalized spacial score (nSPS) is 19.5. The van der Waals surface area contributed by atoms with Gasteiger partial charge in [0.1, 0.15) is 0 Å². The summed E-state index contributed by atoms with van der Waals surface area (Å²) in [5.74, 6) is 0.982. The Labute approximate surface area is 163 Å². The number of halogens is 2. The monoisotopic (exact) mass is 400 g/mol. The van der Waals surface area contributed by atoms with E-state index in [0.717, 1.165) is 28.4 Å². The SMILES string of the molecule is CCSc1ccc(Cl)cc1NC(=O)[C@H]1CNC[C@@H]1c1cnn(C)c1.Cl. The van der Waals surface area contributed by atoms with Crippen molar-refractivity contribution in [3.63, 3.8) is 0 Å². The van der Waals surface area contributed by atoms with Gasteiger partial charge in [0.05, 0.1) is 17.8 Å². The van der Waals surface area contributed by atoms with E-state index in [1.54, 1.807) is 16.4 Å². The van der Waals surface area contributed by atoms with Gasteiger partial charge in [0.25, 0.3) is 0 Å². The van der Waals surface area contributed by atoms with Gasteiger partial charge in [-0.05, 0) is 29.5 Å². The van der Waals surface area contributed by atoms with Gasteiger partial charge in [0.2, 0.25) is 5.91 Å². The highest BCUT2D eigenvalue weighted by molar-refractivity contribution is 7.99. The van der Waals surface area contributed by atoms with Gasteiger partial charge in [-0.25, -0.2) is 0 Å². The predicted octanol–water partition coefficient (Wildman–Crippen LogP) is 3.55. The molecule has 0 bridgehead atoms. The fraction of sp³-hybridized carbons (Fsp3) is 0.412. The topological polar surface area (TPSA) is 59.0 Å². The standard InChI is InChI=1S/C17H21ClN4OS.ClH/c1-3-24-16-5-4-12(18)6-15(16)21-17(23)14-9-19-8-13(14)11-7-20-22(2)10-11;/h4-7,10,13-14,19H,3,8-9H2,1-2H3,(H,21,23);1H/t13-,14+;/m1./s1. The number of thioether (sulfide) groups is 1. The summed E-state index contributed by atoms with van der Waals surface area (Å²) in [6.07, 6.45) is 3.82. The molecule has 2 atom stereocenters. The van der Waals surface area contributed by atoms with Crippen molar-refractivity contribution < 1.29 is 4.79 Å². The van der Waals surface area contributed by atoms with E-state index in [0.29, 0.717) is 11.6 Å². The third-order valence-electron chi connectivity index (χ3n) is 4.20. The van der Waals surface area contributed by atoms with E-state index in [2.05, 4.69) is 22.7 Å². The Morgan fingerprint density at radius 1 is 1.48 bits per heavy atom. The van der Waals surface area contributed by atoms with Crippen molar-refractivity contribution in [2.24, 2.45) is 13.0 Å². The number of nitrogens with zero attached hydrogens (tertiary/aromatic N) is 2. The molecular weight excluding hydrogens is 379 g/mol. The molecule has 1 amide bonds. The molecule has 0 aliphatic carbocycles. The zero-order chi connectivity index (χ0) is 17.1. The van der Waals surface area contributed by atoms with E-state index >= 15 is 0 Å². The van der Waals surface area contributed by atoms with Gasteiger partial charge in [-0.15, -0.1) is 24.2 Å². The minimum atomic E-state index is -0.118. The van der Waals surface area contributed by atoms with Crippen molar-refractivity contribution in [1.82, 2.24) is 15.1 Å². The number of benzene rings is 1. The fourth-order valence-corrected chi connectivity index (χ4v) is 3.96. The number of carbonyl (C=O) groups is 1. The Balaban J connectivity index is 0.00000225. The van der Waals surface area contributed by atoms with Crippen molar-refractivity contribution in [2.45, 2.75) is 17.7 Å². The maximum absolute atomic E-state index is 12.8. The Kier molecular flexibility index (Phi) is 7.19. The molecule has 0 spiro atoms. The number of anilines is 1. The smallest absolute Gasteiger partial charge is 0.229 e. The molecule has 25 heavy (non-hydrogen) atoms. The molecule has 1 saturated heterocycles. The van der Waals surface area contributed by atoms with E-state index in [9.17, 15) is 4.79 Å². The first-order valence-corrected chi connectivity index (χ1v) is 9.37. The van der Waals surface area contributed by atoms with Crippen LogP contribution in [-0.2, 0) is 11.8 Å². The van der Waals surface area contributed by atoms with Gasteiger partial charge in [0, 0.05) is 42.2 Å². The quantitative estimate of drug-likeness (QED) is 0.753. The van der Waals surface area contributed by atoms with Crippen LogP contribution in [0, 0.1) is 5.92 Å². The molecule has 0 radical (unpaired) electrons. The molecule has 136 valence electrons. The van der Waals surface area contributed by atoms with Crippen LogP contribution in [-0.4, -0.2) is 34.5 Å². The van der Waals surface area contributed by atoms with Crippen LogP contribution in [0.4, 0.5) is 5.69 Å². The van der Waals surface area contributed by atoms with Gasteiger partial charge < -0.3 is 10.6 Å². The first kappa shape index (κ1) is 20.1. The summed E-state index contributed by atoms with van der Waals surface area (Å²) in [7, 11) is 1.89. The number of hydrogen-bond donors (Lipinski definition) is 2. The summed E-state index contributed by atoms with van der Waals surface area (Å²) >= 11 is 7.80. The van der Waals surface area contributed by atoms with Crippen LogP contribution in [0.25, 0.3) is 0 Å².